The van der Waals surface area contributed by atoms with E-state index in [1.165, 1.54) is 10.8 Å². The van der Waals surface area contributed by atoms with E-state index in [-0.39, 0.29) is 35.1 Å². The van der Waals surface area contributed by atoms with Crippen LogP contribution in [0.3, 0.4) is 0 Å². The van der Waals surface area contributed by atoms with Crippen molar-refractivity contribution in [2.75, 3.05) is 17.7 Å². The van der Waals surface area contributed by atoms with E-state index >= 15 is 0 Å². The molecule has 0 aliphatic rings. The van der Waals surface area contributed by atoms with Gasteiger partial charge in [-0.15, -0.1) is 11.6 Å². The van der Waals surface area contributed by atoms with Crippen molar-refractivity contribution in [1.29, 1.82) is 0 Å². The van der Waals surface area contributed by atoms with Gasteiger partial charge in [-0.05, 0) is 5.92 Å². The fourth-order valence-electron chi connectivity index (χ4n) is 2.67. The van der Waals surface area contributed by atoms with Crippen LogP contribution in [0.4, 0.5) is 19.0 Å². The molecule has 3 rings (SSSR count). The normalized spacial score (nSPS) is 11.5. The van der Waals surface area contributed by atoms with Crippen LogP contribution in [0.1, 0.15) is 19.5 Å². The molecule has 2 aromatic heterocycles. The summed E-state index contributed by atoms with van der Waals surface area (Å²) in [6.45, 7) is 4.51. The smallest absolute Gasteiger partial charge is 0.254 e. The molecule has 0 bridgehead atoms. The first kappa shape index (κ1) is 18.4. The number of hydrogen-bond donors (Lipinski definition) is 1. The molecule has 9 heteroatoms. The number of fused-ring (bicyclic) bond motifs is 1. The first-order valence-electron chi connectivity index (χ1n) is 8.09. The number of hydrogen-bond acceptors (Lipinski definition) is 4. The lowest BCUT2D eigenvalue weighted by atomic mass is 10.0. The Labute approximate surface area is 153 Å². The molecule has 0 saturated carbocycles. The number of rotatable bonds is 6. The largest absolute Gasteiger partial charge is 0.369 e. The molecule has 3 aromatic rings. The Balaban J connectivity index is 2.34. The zero-order chi connectivity index (χ0) is 18.8. The van der Waals surface area contributed by atoms with Crippen LogP contribution in [0.25, 0.3) is 16.9 Å². The predicted octanol–water partition coefficient (Wildman–Crippen LogP) is 4.06. The SMILES string of the molecule is CC(C)CNc1c(-c2c(F)cc(F)cc2F)c(CCCl)nc2ncnn12. The highest BCUT2D eigenvalue weighted by Crippen LogP contribution is 2.35. The standard InChI is InChI=1S/C17H17ClF3N5/c1-9(2)7-22-16-15(14-11(20)5-10(19)6-12(14)21)13(3-4-18)25-17-23-8-24-26(16)17/h5-6,8-9,22H,3-4,7H2,1-2H3. The van der Waals surface area contributed by atoms with E-state index in [0.717, 1.165) is 0 Å². The topological polar surface area (TPSA) is 55.1 Å². The maximum absolute atomic E-state index is 14.5. The van der Waals surface area contributed by atoms with Gasteiger partial charge in [-0.25, -0.2) is 18.2 Å². The van der Waals surface area contributed by atoms with Gasteiger partial charge in [-0.1, -0.05) is 13.8 Å². The highest BCUT2D eigenvalue weighted by molar-refractivity contribution is 6.18. The fraction of sp³-hybridized carbons (Fsp3) is 0.353. The van der Waals surface area contributed by atoms with Crippen LogP contribution in [0.5, 0.6) is 0 Å². The van der Waals surface area contributed by atoms with Crippen LogP contribution in [-0.2, 0) is 6.42 Å². The first-order valence-corrected chi connectivity index (χ1v) is 8.63. The van der Waals surface area contributed by atoms with Gasteiger partial charge in [0, 0.05) is 31.0 Å². The van der Waals surface area contributed by atoms with Crippen LogP contribution >= 0.6 is 11.6 Å². The molecule has 0 spiro atoms. The van der Waals surface area contributed by atoms with E-state index < -0.39 is 17.5 Å². The second-order valence-corrected chi connectivity index (χ2v) is 6.59. The summed E-state index contributed by atoms with van der Waals surface area (Å²) in [6.07, 6.45) is 1.56. The van der Waals surface area contributed by atoms with E-state index in [1.807, 2.05) is 13.8 Å². The Kier molecular flexibility index (Phi) is 5.31. The number of benzene rings is 1. The third-order valence-corrected chi connectivity index (χ3v) is 3.96. The summed E-state index contributed by atoms with van der Waals surface area (Å²) < 4.78 is 43.8. The van der Waals surface area contributed by atoms with Crippen LogP contribution < -0.4 is 5.32 Å². The van der Waals surface area contributed by atoms with Crippen molar-refractivity contribution in [1.82, 2.24) is 19.6 Å². The molecular weight excluding hydrogens is 367 g/mol. The predicted molar refractivity (Wildman–Crippen MR) is 93.8 cm³/mol. The number of anilines is 1. The van der Waals surface area contributed by atoms with E-state index in [1.54, 1.807) is 0 Å². The summed E-state index contributed by atoms with van der Waals surface area (Å²) in [5.41, 5.74) is 0.151. The average Bonchev–Trinajstić information content (AvgIpc) is 3.01. The summed E-state index contributed by atoms with van der Waals surface area (Å²) in [5, 5.41) is 7.25. The molecule has 2 heterocycles. The lowest BCUT2D eigenvalue weighted by molar-refractivity contribution is 0.547. The number of nitrogens with zero attached hydrogens (tertiary/aromatic N) is 4. The highest BCUT2D eigenvalue weighted by Gasteiger charge is 2.24. The second-order valence-electron chi connectivity index (χ2n) is 6.21. The minimum absolute atomic E-state index is 0.166. The number of aromatic nitrogens is 4. The summed E-state index contributed by atoms with van der Waals surface area (Å²) >= 11 is 5.85. The van der Waals surface area contributed by atoms with E-state index in [0.29, 0.717) is 30.2 Å². The summed E-state index contributed by atoms with van der Waals surface area (Å²) in [7, 11) is 0. The third kappa shape index (κ3) is 3.46. The molecule has 0 aliphatic heterocycles. The van der Waals surface area contributed by atoms with Crippen LogP contribution in [0, 0.1) is 23.4 Å². The van der Waals surface area contributed by atoms with Gasteiger partial charge in [0.1, 0.15) is 29.6 Å². The Morgan fingerprint density at radius 3 is 2.46 bits per heavy atom. The number of halogens is 4. The summed E-state index contributed by atoms with van der Waals surface area (Å²) in [6, 6.07) is 1.28. The summed E-state index contributed by atoms with van der Waals surface area (Å²) in [5.74, 6) is -1.96. The maximum atomic E-state index is 14.5. The Hall–Kier alpha value is -2.35. The molecule has 0 amide bonds. The third-order valence-electron chi connectivity index (χ3n) is 3.77. The molecule has 0 unspecified atom stereocenters. The van der Waals surface area contributed by atoms with E-state index in [4.69, 9.17) is 11.6 Å². The Morgan fingerprint density at radius 1 is 1.15 bits per heavy atom. The Morgan fingerprint density at radius 2 is 1.85 bits per heavy atom. The lowest BCUT2D eigenvalue weighted by Crippen LogP contribution is -2.16. The molecule has 0 atom stereocenters. The lowest BCUT2D eigenvalue weighted by Gasteiger charge is -2.18. The minimum Gasteiger partial charge on any atom is -0.369 e. The molecule has 0 radical (unpaired) electrons. The van der Waals surface area contributed by atoms with Crippen molar-refractivity contribution < 1.29 is 13.2 Å². The van der Waals surface area contributed by atoms with Gasteiger partial charge in [0.2, 0.25) is 0 Å². The minimum atomic E-state index is -1.02. The van der Waals surface area contributed by atoms with Gasteiger partial charge in [0.15, 0.2) is 0 Å². The highest BCUT2D eigenvalue weighted by atomic mass is 35.5. The van der Waals surface area contributed by atoms with Crippen molar-refractivity contribution in [2.24, 2.45) is 5.92 Å². The summed E-state index contributed by atoms with van der Waals surface area (Å²) in [4.78, 5) is 8.38. The van der Waals surface area contributed by atoms with Crippen molar-refractivity contribution in [3.8, 4) is 11.1 Å². The van der Waals surface area contributed by atoms with E-state index in [9.17, 15) is 13.2 Å². The fourth-order valence-corrected chi connectivity index (χ4v) is 2.85. The molecule has 1 aromatic carbocycles. The molecule has 0 fully saturated rings. The van der Waals surface area contributed by atoms with Gasteiger partial charge in [-0.2, -0.15) is 14.6 Å². The van der Waals surface area contributed by atoms with Gasteiger partial charge < -0.3 is 5.32 Å². The van der Waals surface area contributed by atoms with Crippen LogP contribution in [0.2, 0.25) is 0 Å². The Bertz CT molecular complexity index is 919. The van der Waals surface area contributed by atoms with Gasteiger partial charge in [-0.3, -0.25) is 0 Å². The zero-order valence-electron chi connectivity index (χ0n) is 14.2. The molecule has 5 nitrogen and oxygen atoms in total. The monoisotopic (exact) mass is 383 g/mol. The van der Waals surface area contributed by atoms with Crippen molar-refractivity contribution in [3.63, 3.8) is 0 Å². The molecule has 138 valence electrons. The van der Waals surface area contributed by atoms with E-state index in [2.05, 4.69) is 20.4 Å². The molecule has 26 heavy (non-hydrogen) atoms. The number of alkyl halides is 1. The zero-order valence-corrected chi connectivity index (χ0v) is 15.0. The molecule has 0 aliphatic carbocycles. The molecular formula is C17H17ClF3N5. The first-order chi connectivity index (χ1) is 12.4. The molecule has 1 N–H and O–H groups in total. The van der Waals surface area contributed by atoms with Gasteiger partial charge in [0.05, 0.1) is 16.8 Å². The van der Waals surface area contributed by atoms with Gasteiger partial charge in [0.25, 0.3) is 5.78 Å². The van der Waals surface area contributed by atoms with Crippen LogP contribution in [0.15, 0.2) is 18.5 Å². The maximum Gasteiger partial charge on any atom is 0.254 e. The second kappa shape index (κ2) is 7.49. The van der Waals surface area contributed by atoms with Crippen molar-refractivity contribution >= 4 is 23.2 Å². The quantitative estimate of drug-likeness (QED) is 0.652. The number of nitrogens with one attached hydrogen (secondary N) is 1. The van der Waals surface area contributed by atoms with Crippen molar-refractivity contribution in [2.45, 2.75) is 20.3 Å². The van der Waals surface area contributed by atoms with Crippen LogP contribution in [-0.4, -0.2) is 32.0 Å². The molecule has 0 saturated heterocycles. The number of aryl methyl sites for hydroxylation is 1. The van der Waals surface area contributed by atoms with Crippen molar-refractivity contribution in [3.05, 3.63) is 41.6 Å². The average molecular weight is 384 g/mol. The van der Waals surface area contributed by atoms with Gasteiger partial charge >= 0.3 is 0 Å².